The van der Waals surface area contributed by atoms with E-state index in [1.807, 2.05) is 12.2 Å². The average molecular weight is 451 g/mol. The third-order valence-corrected chi connectivity index (χ3v) is 8.43. The molecule has 1 N–H and O–H groups in total. The molecule has 0 heterocycles. The Hall–Kier alpha value is -1.83. The van der Waals surface area contributed by atoms with E-state index in [2.05, 4.69) is 57.2 Å². The summed E-state index contributed by atoms with van der Waals surface area (Å²) in [4.78, 5) is 11.6. The van der Waals surface area contributed by atoms with Crippen molar-refractivity contribution in [3.8, 4) is 0 Å². The molecule has 2 heteroatoms. The molecule has 1 aromatic rings. The summed E-state index contributed by atoms with van der Waals surface area (Å²) in [5.41, 5.74) is 2.68. The van der Waals surface area contributed by atoms with Gasteiger partial charge in [-0.2, -0.15) is 0 Å². The molecule has 33 heavy (non-hydrogen) atoms. The fourth-order valence-corrected chi connectivity index (χ4v) is 6.09. The Balaban J connectivity index is 1.78. The Bertz CT molecular complexity index is 783. The van der Waals surface area contributed by atoms with Gasteiger partial charge in [0.2, 0.25) is 0 Å². The van der Waals surface area contributed by atoms with Gasteiger partial charge >= 0.3 is 5.97 Å². The Morgan fingerprint density at radius 3 is 2.30 bits per heavy atom. The van der Waals surface area contributed by atoms with Gasteiger partial charge in [0, 0.05) is 5.41 Å². The van der Waals surface area contributed by atoms with Crippen LogP contribution < -0.4 is 0 Å². The van der Waals surface area contributed by atoms with Gasteiger partial charge in [0.15, 0.2) is 0 Å². The van der Waals surface area contributed by atoms with Gasteiger partial charge in [0.1, 0.15) is 0 Å². The Morgan fingerprint density at radius 1 is 1.00 bits per heavy atom. The van der Waals surface area contributed by atoms with Gasteiger partial charge < -0.3 is 5.11 Å². The molecular formula is C31H46O2. The zero-order valence-electron chi connectivity index (χ0n) is 21.3. The molecule has 0 bridgehead atoms. The molecule has 182 valence electrons. The smallest absolute Gasteiger partial charge is 0.314 e. The van der Waals surface area contributed by atoms with Crippen LogP contribution in [-0.2, 0) is 16.6 Å². The van der Waals surface area contributed by atoms with Gasteiger partial charge in [-0.3, -0.25) is 4.79 Å². The number of carboxylic acids is 1. The molecule has 1 fully saturated rings. The summed E-state index contributed by atoms with van der Waals surface area (Å²) in [5.74, 6) is 0.817. The number of unbranched alkanes of at least 4 members (excludes halogenated alkanes) is 4. The fraction of sp³-hybridized carbons (Fsp3) is 0.645. The van der Waals surface area contributed by atoms with Crippen LogP contribution in [0.25, 0.3) is 0 Å². The van der Waals surface area contributed by atoms with Crippen molar-refractivity contribution in [3.05, 3.63) is 59.7 Å². The molecule has 0 unspecified atom stereocenters. The van der Waals surface area contributed by atoms with Gasteiger partial charge in [-0.15, -0.1) is 0 Å². The van der Waals surface area contributed by atoms with Crippen LogP contribution in [0.3, 0.4) is 0 Å². The van der Waals surface area contributed by atoms with Crippen molar-refractivity contribution in [2.24, 2.45) is 23.7 Å². The van der Waals surface area contributed by atoms with Crippen molar-refractivity contribution >= 4 is 5.97 Å². The second-order valence-corrected chi connectivity index (χ2v) is 10.8. The van der Waals surface area contributed by atoms with E-state index >= 15 is 0 Å². The van der Waals surface area contributed by atoms with E-state index in [1.165, 1.54) is 81.8 Å². The number of benzene rings is 1. The number of hydrogen-bond donors (Lipinski definition) is 1. The number of carbonyl (C=O) groups is 1. The van der Waals surface area contributed by atoms with Gasteiger partial charge in [-0.05, 0) is 48.1 Å². The molecule has 1 atom stereocenters. The van der Waals surface area contributed by atoms with Crippen LogP contribution in [0.4, 0.5) is 0 Å². The molecule has 0 saturated heterocycles. The van der Waals surface area contributed by atoms with Gasteiger partial charge in [-0.25, -0.2) is 0 Å². The van der Waals surface area contributed by atoms with Crippen molar-refractivity contribution in [2.45, 2.75) is 103 Å². The molecular weight excluding hydrogens is 404 g/mol. The van der Waals surface area contributed by atoms with Crippen molar-refractivity contribution in [2.75, 3.05) is 0 Å². The molecule has 2 nitrogen and oxygen atoms in total. The third kappa shape index (κ3) is 6.61. The van der Waals surface area contributed by atoms with E-state index in [1.54, 1.807) is 0 Å². The minimum absolute atomic E-state index is 0.165. The summed E-state index contributed by atoms with van der Waals surface area (Å²) in [6.07, 6.45) is 24.0. The number of rotatable bonds is 12. The maximum Gasteiger partial charge on any atom is 0.314 e. The van der Waals surface area contributed by atoms with Gasteiger partial charge in [0.05, 0.1) is 5.92 Å². The number of allylic oxidation sites excluding steroid dienone is 2. The summed E-state index contributed by atoms with van der Waals surface area (Å²) in [6, 6.07) is 8.95. The van der Waals surface area contributed by atoms with E-state index in [-0.39, 0.29) is 5.41 Å². The molecule has 3 rings (SSSR count). The first kappa shape index (κ1) is 25.8. The van der Waals surface area contributed by atoms with Gasteiger partial charge in [0.25, 0.3) is 0 Å². The van der Waals surface area contributed by atoms with Crippen LogP contribution in [0.5, 0.6) is 0 Å². The highest BCUT2D eigenvalue weighted by molar-refractivity contribution is 5.75. The molecule has 1 saturated carbocycles. The topological polar surface area (TPSA) is 37.3 Å². The molecule has 0 spiro atoms. The third-order valence-electron chi connectivity index (χ3n) is 8.43. The van der Waals surface area contributed by atoms with Crippen LogP contribution in [0.15, 0.2) is 48.6 Å². The highest BCUT2D eigenvalue weighted by Gasteiger charge is 2.41. The zero-order chi connectivity index (χ0) is 23.7. The predicted octanol–water partition coefficient (Wildman–Crippen LogP) is 8.51. The Morgan fingerprint density at radius 2 is 1.67 bits per heavy atom. The van der Waals surface area contributed by atoms with E-state index < -0.39 is 11.9 Å². The normalized spacial score (nSPS) is 28.0. The molecule has 2 aliphatic rings. The second kappa shape index (κ2) is 12.6. The minimum Gasteiger partial charge on any atom is -0.481 e. The first-order valence-corrected chi connectivity index (χ1v) is 13.7. The van der Waals surface area contributed by atoms with Crippen molar-refractivity contribution in [3.63, 3.8) is 0 Å². The van der Waals surface area contributed by atoms with Crippen molar-refractivity contribution in [1.29, 1.82) is 0 Å². The van der Waals surface area contributed by atoms with Crippen LogP contribution in [0, 0.1) is 23.7 Å². The maximum atomic E-state index is 11.6. The number of hydrogen-bond acceptors (Lipinski definition) is 1. The predicted molar refractivity (Wildman–Crippen MR) is 140 cm³/mol. The lowest BCUT2D eigenvalue weighted by atomic mass is 9.60. The summed E-state index contributed by atoms with van der Waals surface area (Å²) >= 11 is 0. The molecule has 0 radical (unpaired) electrons. The van der Waals surface area contributed by atoms with Crippen LogP contribution in [0.2, 0.25) is 0 Å². The molecule has 0 aliphatic heterocycles. The molecule has 0 aromatic heterocycles. The van der Waals surface area contributed by atoms with E-state index in [0.717, 1.165) is 12.3 Å². The summed E-state index contributed by atoms with van der Waals surface area (Å²) < 4.78 is 0. The summed E-state index contributed by atoms with van der Waals surface area (Å²) in [5, 5.41) is 9.56. The Labute approximate surface area is 202 Å². The first-order chi connectivity index (χ1) is 16.0. The minimum atomic E-state index is -0.754. The molecule has 0 amide bonds. The standard InChI is InChI=1S/C31H46O2/c1-4-6-7-8-9-12-25-15-17-28(18-16-25)31(21-19-26(20-22-31)30(32)33)29-14-11-10-13-27(29)23-24(3)5-2/h10-11,13-14,19-22,24-26,28H,4-9,12,15-18,23H2,1-3H3,(H,32,33)/t24-,25?,26?,28?,31?/m0/s1. The lowest BCUT2D eigenvalue weighted by molar-refractivity contribution is -0.138. The van der Waals surface area contributed by atoms with Crippen LogP contribution in [0.1, 0.15) is 103 Å². The summed E-state index contributed by atoms with van der Waals surface area (Å²) in [6.45, 7) is 6.89. The summed E-state index contributed by atoms with van der Waals surface area (Å²) in [7, 11) is 0. The number of carboxylic acid groups (broad SMARTS) is 1. The Kier molecular flexibility index (Phi) is 9.83. The quantitative estimate of drug-likeness (QED) is 0.256. The van der Waals surface area contributed by atoms with Crippen LogP contribution in [-0.4, -0.2) is 11.1 Å². The monoisotopic (exact) mass is 450 g/mol. The number of aliphatic carboxylic acids is 1. The second-order valence-electron chi connectivity index (χ2n) is 10.8. The van der Waals surface area contributed by atoms with E-state index in [4.69, 9.17) is 0 Å². The maximum absolute atomic E-state index is 11.6. The molecule has 2 aliphatic carbocycles. The lowest BCUT2D eigenvalue weighted by Crippen LogP contribution is -2.37. The highest BCUT2D eigenvalue weighted by Crippen LogP contribution is 2.48. The zero-order valence-corrected chi connectivity index (χ0v) is 21.3. The van der Waals surface area contributed by atoms with Gasteiger partial charge in [-0.1, -0.05) is 127 Å². The van der Waals surface area contributed by atoms with Crippen LogP contribution >= 0.6 is 0 Å². The average Bonchev–Trinajstić information content (AvgIpc) is 2.84. The largest absolute Gasteiger partial charge is 0.481 e. The lowest BCUT2D eigenvalue weighted by Gasteiger charge is -2.43. The highest BCUT2D eigenvalue weighted by atomic mass is 16.4. The van der Waals surface area contributed by atoms with E-state index in [0.29, 0.717) is 11.8 Å². The molecule has 1 aromatic carbocycles. The SMILES string of the molecule is CCCCCCCC1CCC(C2(c3ccccc3C[C@@H](C)CC)C=CC(C(=O)O)C=C2)CC1. The van der Waals surface area contributed by atoms with Crippen molar-refractivity contribution < 1.29 is 9.90 Å². The first-order valence-electron chi connectivity index (χ1n) is 13.7. The van der Waals surface area contributed by atoms with Crippen molar-refractivity contribution in [1.82, 2.24) is 0 Å². The fourth-order valence-electron chi connectivity index (χ4n) is 6.09. The van der Waals surface area contributed by atoms with E-state index in [9.17, 15) is 9.90 Å².